The van der Waals surface area contributed by atoms with Crippen molar-refractivity contribution < 1.29 is 9.59 Å². The van der Waals surface area contributed by atoms with Crippen LogP contribution < -0.4 is 16.4 Å². The van der Waals surface area contributed by atoms with Crippen molar-refractivity contribution in [3.05, 3.63) is 24.3 Å². The third-order valence-corrected chi connectivity index (χ3v) is 3.87. The van der Waals surface area contributed by atoms with E-state index in [1.165, 1.54) is 0 Å². The van der Waals surface area contributed by atoms with Gasteiger partial charge in [-0.2, -0.15) is 0 Å². The summed E-state index contributed by atoms with van der Waals surface area (Å²) in [5.41, 5.74) is 7.32. The van der Waals surface area contributed by atoms with Crippen LogP contribution in [0.15, 0.2) is 24.3 Å². The smallest absolute Gasteiger partial charge is 0.227 e. The number of nitrogens with one attached hydrogen (secondary N) is 2. The summed E-state index contributed by atoms with van der Waals surface area (Å²) in [6, 6.07) is 7.35. The van der Waals surface area contributed by atoms with Crippen molar-refractivity contribution in [2.75, 3.05) is 10.6 Å². The molecule has 1 aliphatic rings. The second-order valence-corrected chi connectivity index (χ2v) is 6.48. The number of rotatable bonds is 5. The van der Waals surface area contributed by atoms with Gasteiger partial charge in [-0.3, -0.25) is 9.59 Å². The zero-order valence-electron chi connectivity index (χ0n) is 13.3. The molecule has 5 nitrogen and oxygen atoms in total. The molecule has 0 radical (unpaired) electrons. The van der Waals surface area contributed by atoms with Crippen LogP contribution in [-0.2, 0) is 9.59 Å². The average Bonchev–Trinajstić information content (AvgIpc) is 2.87. The van der Waals surface area contributed by atoms with Gasteiger partial charge in [0.15, 0.2) is 0 Å². The number of hydrogen-bond donors (Lipinski definition) is 3. The van der Waals surface area contributed by atoms with Crippen molar-refractivity contribution in [1.29, 1.82) is 0 Å². The van der Waals surface area contributed by atoms with Gasteiger partial charge in [0.05, 0.1) is 0 Å². The molecule has 0 bridgehead atoms. The van der Waals surface area contributed by atoms with Gasteiger partial charge in [-0.15, -0.1) is 0 Å². The predicted molar refractivity (Wildman–Crippen MR) is 88.5 cm³/mol. The van der Waals surface area contributed by atoms with E-state index in [-0.39, 0.29) is 23.8 Å². The van der Waals surface area contributed by atoms with E-state index in [0.29, 0.717) is 12.3 Å². The van der Waals surface area contributed by atoms with Crippen molar-refractivity contribution in [3.8, 4) is 0 Å². The summed E-state index contributed by atoms with van der Waals surface area (Å²) in [5.74, 6) is 0.382. The van der Waals surface area contributed by atoms with Crippen LogP contribution in [0.3, 0.4) is 0 Å². The number of benzene rings is 1. The Morgan fingerprint density at radius 3 is 2.23 bits per heavy atom. The molecule has 5 heteroatoms. The van der Waals surface area contributed by atoms with E-state index in [4.69, 9.17) is 5.73 Å². The summed E-state index contributed by atoms with van der Waals surface area (Å²) in [5, 5.41) is 5.76. The Morgan fingerprint density at radius 2 is 1.73 bits per heavy atom. The zero-order valence-corrected chi connectivity index (χ0v) is 13.3. The number of amides is 2. The summed E-state index contributed by atoms with van der Waals surface area (Å²) >= 11 is 0. The van der Waals surface area contributed by atoms with E-state index in [1.807, 2.05) is 13.8 Å². The molecular weight excluding hydrogens is 278 g/mol. The molecule has 0 aromatic heterocycles. The number of nitrogens with two attached hydrogens (primary N) is 1. The minimum atomic E-state index is 0.00623. The van der Waals surface area contributed by atoms with E-state index in [2.05, 4.69) is 10.6 Å². The van der Waals surface area contributed by atoms with Crippen LogP contribution in [0.2, 0.25) is 0 Å². The molecular formula is C17H25N3O2. The fourth-order valence-electron chi connectivity index (χ4n) is 2.72. The monoisotopic (exact) mass is 303 g/mol. The Morgan fingerprint density at radius 1 is 1.14 bits per heavy atom. The van der Waals surface area contributed by atoms with Gasteiger partial charge in [0.2, 0.25) is 11.8 Å². The highest BCUT2D eigenvalue weighted by atomic mass is 16.2. The fraction of sp³-hybridized carbons (Fsp3) is 0.529. The maximum absolute atomic E-state index is 12.1. The van der Waals surface area contributed by atoms with Gasteiger partial charge >= 0.3 is 0 Å². The van der Waals surface area contributed by atoms with Crippen molar-refractivity contribution in [3.63, 3.8) is 0 Å². The van der Waals surface area contributed by atoms with Gasteiger partial charge in [0, 0.05) is 29.8 Å². The lowest BCUT2D eigenvalue weighted by Crippen LogP contribution is -2.23. The van der Waals surface area contributed by atoms with E-state index in [0.717, 1.165) is 30.6 Å². The first-order valence-corrected chi connectivity index (χ1v) is 7.90. The van der Waals surface area contributed by atoms with Gasteiger partial charge in [-0.05, 0) is 49.4 Å². The normalized spacial score (nSPS) is 20.9. The molecule has 0 saturated heterocycles. The lowest BCUT2D eigenvalue weighted by molar-refractivity contribution is -0.119. The molecule has 2 amide bonds. The molecule has 0 spiro atoms. The van der Waals surface area contributed by atoms with Gasteiger partial charge in [-0.25, -0.2) is 0 Å². The number of carbonyl (C=O) groups is 2. The maximum Gasteiger partial charge on any atom is 0.227 e. The largest absolute Gasteiger partial charge is 0.328 e. The third kappa shape index (κ3) is 4.84. The van der Waals surface area contributed by atoms with Gasteiger partial charge in [0.25, 0.3) is 0 Å². The summed E-state index contributed by atoms with van der Waals surface area (Å²) in [6.07, 6.45) is 3.03. The van der Waals surface area contributed by atoms with Crippen molar-refractivity contribution >= 4 is 23.2 Å². The minimum Gasteiger partial charge on any atom is -0.328 e. The Bertz CT molecular complexity index is 525. The molecule has 0 heterocycles. The van der Waals surface area contributed by atoms with Crippen LogP contribution >= 0.6 is 0 Å². The van der Waals surface area contributed by atoms with Crippen molar-refractivity contribution in [1.82, 2.24) is 0 Å². The second kappa shape index (κ2) is 7.40. The highest BCUT2D eigenvalue weighted by molar-refractivity contribution is 5.94. The molecule has 1 aromatic carbocycles. The maximum atomic E-state index is 12.1. The van der Waals surface area contributed by atoms with Crippen LogP contribution in [0.5, 0.6) is 0 Å². The number of carbonyl (C=O) groups excluding carboxylic acids is 2. The Kier molecular flexibility index (Phi) is 5.55. The van der Waals surface area contributed by atoms with Crippen LogP contribution in [-0.4, -0.2) is 17.9 Å². The molecule has 2 rings (SSSR count). The third-order valence-electron chi connectivity index (χ3n) is 3.87. The van der Waals surface area contributed by atoms with Crippen LogP contribution in [0.4, 0.5) is 11.4 Å². The summed E-state index contributed by atoms with van der Waals surface area (Å²) < 4.78 is 0. The first-order valence-electron chi connectivity index (χ1n) is 7.90. The lowest BCUT2D eigenvalue weighted by Gasteiger charge is -2.12. The molecule has 1 saturated carbocycles. The van der Waals surface area contributed by atoms with Gasteiger partial charge in [-0.1, -0.05) is 13.8 Å². The predicted octanol–water partition coefficient (Wildman–Crippen LogP) is 2.74. The highest BCUT2D eigenvalue weighted by Gasteiger charge is 2.27. The highest BCUT2D eigenvalue weighted by Crippen LogP contribution is 2.25. The Labute approximate surface area is 131 Å². The fourth-order valence-corrected chi connectivity index (χ4v) is 2.72. The zero-order chi connectivity index (χ0) is 16.1. The lowest BCUT2D eigenvalue weighted by atomic mass is 10.1. The molecule has 2 atom stereocenters. The molecule has 2 unspecified atom stereocenters. The van der Waals surface area contributed by atoms with Crippen molar-refractivity contribution in [2.24, 2.45) is 17.6 Å². The summed E-state index contributed by atoms with van der Waals surface area (Å²) in [4.78, 5) is 23.8. The number of anilines is 2. The van der Waals surface area contributed by atoms with Gasteiger partial charge < -0.3 is 16.4 Å². The van der Waals surface area contributed by atoms with E-state index >= 15 is 0 Å². The van der Waals surface area contributed by atoms with Crippen LogP contribution in [0, 0.1) is 11.8 Å². The SMILES string of the molecule is CC(C)CC(=O)Nc1ccc(NC(=O)C2CCC(N)C2)cc1. The Hall–Kier alpha value is -1.88. The first kappa shape index (κ1) is 16.5. The topological polar surface area (TPSA) is 84.2 Å². The molecule has 1 aliphatic carbocycles. The summed E-state index contributed by atoms with van der Waals surface area (Å²) in [7, 11) is 0. The molecule has 1 aromatic rings. The minimum absolute atomic E-state index is 0.00623. The van der Waals surface area contributed by atoms with Crippen molar-refractivity contribution in [2.45, 2.75) is 45.6 Å². The van der Waals surface area contributed by atoms with Gasteiger partial charge in [0.1, 0.15) is 0 Å². The van der Waals surface area contributed by atoms with E-state index in [9.17, 15) is 9.59 Å². The quantitative estimate of drug-likeness (QED) is 0.782. The molecule has 120 valence electrons. The van der Waals surface area contributed by atoms with E-state index < -0.39 is 0 Å². The molecule has 1 fully saturated rings. The first-order chi connectivity index (χ1) is 10.4. The average molecular weight is 303 g/mol. The Balaban J connectivity index is 1.86. The standard InChI is InChI=1S/C17H25N3O2/c1-11(2)9-16(21)19-14-5-7-15(8-6-14)20-17(22)12-3-4-13(18)10-12/h5-8,11-13H,3-4,9-10,18H2,1-2H3,(H,19,21)(H,20,22). The molecule has 22 heavy (non-hydrogen) atoms. The summed E-state index contributed by atoms with van der Waals surface area (Å²) in [6.45, 7) is 4.01. The van der Waals surface area contributed by atoms with Crippen LogP contribution in [0.1, 0.15) is 39.5 Å². The van der Waals surface area contributed by atoms with E-state index in [1.54, 1.807) is 24.3 Å². The molecule has 4 N–H and O–H groups in total. The number of hydrogen-bond acceptors (Lipinski definition) is 3. The second-order valence-electron chi connectivity index (χ2n) is 6.48. The van der Waals surface area contributed by atoms with Crippen LogP contribution in [0.25, 0.3) is 0 Å². The molecule has 0 aliphatic heterocycles.